The maximum Gasteiger partial charge on any atom is 0.416 e. The van der Waals surface area contributed by atoms with E-state index < -0.39 is 28.9 Å². The first-order chi connectivity index (χ1) is 13.2. The maximum atomic E-state index is 12.8. The van der Waals surface area contributed by atoms with Crippen LogP contribution in [0.4, 0.5) is 13.2 Å². The van der Waals surface area contributed by atoms with Crippen molar-refractivity contribution in [3.63, 3.8) is 0 Å². The normalized spacial score (nSPS) is 16.0. The first kappa shape index (κ1) is 19.9. The van der Waals surface area contributed by atoms with Crippen molar-refractivity contribution >= 4 is 11.8 Å². The van der Waals surface area contributed by atoms with E-state index in [-0.39, 0.29) is 12.2 Å². The van der Waals surface area contributed by atoms with E-state index >= 15 is 0 Å². The molecule has 0 saturated heterocycles. The highest BCUT2D eigenvalue weighted by atomic mass is 19.4. The summed E-state index contributed by atoms with van der Waals surface area (Å²) in [5.74, 6) is -1.13. The molecule has 0 aliphatic heterocycles. The number of Topliss-reactive ketones (excluding diaryl/α,β-unsaturated/α-hetero) is 1. The zero-order chi connectivity index (χ0) is 20.4. The summed E-state index contributed by atoms with van der Waals surface area (Å²) in [5.41, 5.74) is -1.45. The van der Waals surface area contributed by atoms with Crippen molar-refractivity contribution < 1.29 is 32.6 Å². The molecule has 0 radical (unpaired) electrons. The molecular formula is C21H19F3O4. The van der Waals surface area contributed by atoms with Gasteiger partial charge in [0.1, 0.15) is 17.8 Å². The number of aliphatic carboxylic acids is 1. The largest absolute Gasteiger partial charge is 0.489 e. The Morgan fingerprint density at radius 2 is 1.68 bits per heavy atom. The van der Waals surface area contributed by atoms with Crippen molar-refractivity contribution in [2.45, 2.75) is 38.5 Å². The molecule has 3 rings (SSSR count). The average molecular weight is 392 g/mol. The summed E-state index contributed by atoms with van der Waals surface area (Å²) in [4.78, 5) is 24.3. The number of hydrogen-bond donors (Lipinski definition) is 1. The van der Waals surface area contributed by atoms with Crippen LogP contribution in [0.1, 0.15) is 47.2 Å². The van der Waals surface area contributed by atoms with E-state index in [0.29, 0.717) is 37.0 Å². The van der Waals surface area contributed by atoms with Gasteiger partial charge in [-0.1, -0.05) is 25.0 Å². The average Bonchev–Trinajstić information content (AvgIpc) is 3.17. The van der Waals surface area contributed by atoms with E-state index in [4.69, 9.17) is 4.74 Å². The van der Waals surface area contributed by atoms with Crippen LogP contribution in [-0.4, -0.2) is 16.9 Å². The molecule has 2 aromatic carbocycles. The minimum Gasteiger partial charge on any atom is -0.489 e. The zero-order valence-electron chi connectivity index (χ0n) is 15.0. The van der Waals surface area contributed by atoms with E-state index in [1.807, 2.05) is 0 Å². The number of rotatable bonds is 6. The minimum atomic E-state index is -4.42. The standard InChI is InChI=1S/C21H19F3O4/c22-21(23,24)16-5-3-4-14(12-16)13-28-17-8-6-15(7-9-17)18(25)20(19(26)27)10-1-2-11-20/h3-9,12H,1-2,10-11,13H2,(H,26,27). The number of carbonyl (C=O) groups excluding carboxylic acids is 1. The SMILES string of the molecule is O=C(O)C1(C(=O)c2ccc(OCc3cccc(C(F)(F)F)c3)cc2)CCCC1. The quantitative estimate of drug-likeness (QED) is 0.548. The van der Waals surface area contributed by atoms with E-state index in [1.165, 1.54) is 36.4 Å². The molecule has 0 atom stereocenters. The summed E-state index contributed by atoms with van der Waals surface area (Å²) in [6.07, 6.45) is -2.35. The molecule has 0 aromatic heterocycles. The van der Waals surface area contributed by atoms with Crippen LogP contribution in [-0.2, 0) is 17.6 Å². The van der Waals surface area contributed by atoms with Gasteiger partial charge in [0.2, 0.25) is 0 Å². The molecule has 1 aliphatic rings. The van der Waals surface area contributed by atoms with Gasteiger partial charge >= 0.3 is 12.1 Å². The molecule has 1 fully saturated rings. The summed E-state index contributed by atoms with van der Waals surface area (Å²) >= 11 is 0. The van der Waals surface area contributed by atoms with Gasteiger partial charge in [-0.05, 0) is 54.8 Å². The van der Waals surface area contributed by atoms with Gasteiger partial charge in [0.05, 0.1) is 5.56 Å². The number of alkyl halides is 3. The fourth-order valence-electron chi connectivity index (χ4n) is 3.50. The number of ketones is 1. The lowest BCUT2D eigenvalue weighted by molar-refractivity contribution is -0.145. The molecule has 1 aliphatic carbocycles. The van der Waals surface area contributed by atoms with Crippen LogP contribution in [0.2, 0.25) is 0 Å². The van der Waals surface area contributed by atoms with Crippen molar-refractivity contribution in [1.82, 2.24) is 0 Å². The van der Waals surface area contributed by atoms with Crippen LogP contribution >= 0.6 is 0 Å². The van der Waals surface area contributed by atoms with Crippen LogP contribution in [0.3, 0.4) is 0 Å². The van der Waals surface area contributed by atoms with E-state index in [0.717, 1.165) is 12.1 Å². The van der Waals surface area contributed by atoms with Crippen molar-refractivity contribution in [3.05, 3.63) is 65.2 Å². The first-order valence-corrected chi connectivity index (χ1v) is 8.89. The third kappa shape index (κ3) is 4.03. The number of carbonyl (C=O) groups is 2. The van der Waals surface area contributed by atoms with Crippen LogP contribution in [0.15, 0.2) is 48.5 Å². The summed E-state index contributed by atoms with van der Waals surface area (Å²) in [6.45, 7) is -0.0592. The fraction of sp³-hybridized carbons (Fsp3) is 0.333. The summed E-state index contributed by atoms with van der Waals surface area (Å²) in [5, 5.41) is 9.51. The molecule has 1 N–H and O–H groups in total. The molecule has 0 bridgehead atoms. The molecule has 0 spiro atoms. The number of carboxylic acid groups (broad SMARTS) is 1. The summed E-state index contributed by atoms with van der Waals surface area (Å²) in [6, 6.07) is 10.9. The second-order valence-electron chi connectivity index (χ2n) is 6.93. The van der Waals surface area contributed by atoms with Gasteiger partial charge < -0.3 is 9.84 Å². The van der Waals surface area contributed by atoms with Gasteiger partial charge in [-0.15, -0.1) is 0 Å². The van der Waals surface area contributed by atoms with Crippen molar-refractivity contribution in [1.29, 1.82) is 0 Å². The predicted molar refractivity (Wildman–Crippen MR) is 95.1 cm³/mol. The second-order valence-corrected chi connectivity index (χ2v) is 6.93. The molecule has 148 valence electrons. The van der Waals surface area contributed by atoms with Crippen LogP contribution < -0.4 is 4.74 Å². The Hall–Kier alpha value is -2.83. The van der Waals surface area contributed by atoms with E-state index in [1.54, 1.807) is 0 Å². The summed E-state index contributed by atoms with van der Waals surface area (Å²) in [7, 11) is 0. The molecular weight excluding hydrogens is 373 g/mol. The van der Waals surface area contributed by atoms with Crippen molar-refractivity contribution in [3.8, 4) is 5.75 Å². The topological polar surface area (TPSA) is 63.6 Å². The Labute approximate surface area is 159 Å². The van der Waals surface area contributed by atoms with Crippen LogP contribution in [0.5, 0.6) is 5.75 Å². The molecule has 4 nitrogen and oxygen atoms in total. The van der Waals surface area contributed by atoms with E-state index in [9.17, 15) is 27.9 Å². The van der Waals surface area contributed by atoms with Crippen molar-refractivity contribution in [2.24, 2.45) is 5.41 Å². The van der Waals surface area contributed by atoms with E-state index in [2.05, 4.69) is 0 Å². The van der Waals surface area contributed by atoms with Gasteiger partial charge in [-0.3, -0.25) is 9.59 Å². The molecule has 7 heteroatoms. The lowest BCUT2D eigenvalue weighted by Gasteiger charge is -2.22. The predicted octanol–water partition coefficient (Wildman–Crippen LogP) is 5.11. The Morgan fingerprint density at radius 3 is 2.25 bits per heavy atom. The summed E-state index contributed by atoms with van der Waals surface area (Å²) < 4.78 is 43.8. The number of carboxylic acids is 1. The smallest absolute Gasteiger partial charge is 0.416 e. The molecule has 2 aromatic rings. The number of halogens is 3. The van der Waals surface area contributed by atoms with Gasteiger partial charge in [0.15, 0.2) is 5.78 Å². The first-order valence-electron chi connectivity index (χ1n) is 8.89. The minimum absolute atomic E-state index is 0.0592. The molecule has 1 saturated carbocycles. The van der Waals surface area contributed by atoms with Gasteiger partial charge in [0.25, 0.3) is 0 Å². The molecule has 0 unspecified atom stereocenters. The Bertz CT molecular complexity index is 866. The Kier molecular flexibility index (Phi) is 5.45. The Morgan fingerprint density at radius 1 is 1.04 bits per heavy atom. The molecule has 0 heterocycles. The third-order valence-electron chi connectivity index (χ3n) is 5.08. The van der Waals surface area contributed by atoms with Gasteiger partial charge in [-0.25, -0.2) is 0 Å². The number of ether oxygens (including phenoxy) is 1. The molecule has 28 heavy (non-hydrogen) atoms. The highest BCUT2D eigenvalue weighted by Gasteiger charge is 2.48. The third-order valence-corrected chi connectivity index (χ3v) is 5.08. The maximum absolute atomic E-state index is 12.8. The number of hydrogen-bond acceptors (Lipinski definition) is 3. The van der Waals surface area contributed by atoms with Crippen molar-refractivity contribution in [2.75, 3.05) is 0 Å². The second kappa shape index (κ2) is 7.66. The van der Waals surface area contributed by atoms with Crippen LogP contribution in [0, 0.1) is 5.41 Å². The Balaban J connectivity index is 1.68. The monoisotopic (exact) mass is 392 g/mol. The van der Waals surface area contributed by atoms with Gasteiger partial charge in [0, 0.05) is 5.56 Å². The van der Waals surface area contributed by atoms with Gasteiger partial charge in [-0.2, -0.15) is 13.2 Å². The zero-order valence-corrected chi connectivity index (χ0v) is 15.0. The highest BCUT2D eigenvalue weighted by Crippen LogP contribution is 2.41. The molecule has 0 amide bonds. The highest BCUT2D eigenvalue weighted by molar-refractivity contribution is 6.12. The fourth-order valence-corrected chi connectivity index (χ4v) is 3.50. The number of benzene rings is 2. The lowest BCUT2D eigenvalue weighted by Crippen LogP contribution is -2.36. The lowest BCUT2D eigenvalue weighted by atomic mass is 9.79. The van der Waals surface area contributed by atoms with Crippen LogP contribution in [0.25, 0.3) is 0 Å².